The maximum absolute atomic E-state index is 13.9. The Hall–Kier alpha value is -2.27. The lowest BCUT2D eigenvalue weighted by molar-refractivity contribution is 0.0853. The second kappa shape index (κ2) is 10.2. The highest BCUT2D eigenvalue weighted by molar-refractivity contribution is 5.84. The smallest absolute Gasteiger partial charge is 0.126 e. The van der Waals surface area contributed by atoms with Gasteiger partial charge < -0.3 is 4.98 Å². The van der Waals surface area contributed by atoms with Crippen LogP contribution < -0.4 is 0 Å². The van der Waals surface area contributed by atoms with Gasteiger partial charge in [0.1, 0.15) is 17.3 Å². The maximum atomic E-state index is 13.9. The van der Waals surface area contributed by atoms with Crippen LogP contribution in [0.25, 0.3) is 10.9 Å². The van der Waals surface area contributed by atoms with Crippen molar-refractivity contribution in [2.75, 3.05) is 6.54 Å². The number of H-pyrrole nitrogens is 1. The van der Waals surface area contributed by atoms with E-state index in [0.29, 0.717) is 18.2 Å². The molecule has 0 spiro atoms. The number of para-hydroxylation sites is 1. The zero-order valence-electron chi connectivity index (χ0n) is 18.8. The van der Waals surface area contributed by atoms with Gasteiger partial charge in [-0.2, -0.15) is 0 Å². The van der Waals surface area contributed by atoms with E-state index in [1.807, 2.05) is 13.8 Å². The van der Waals surface area contributed by atoms with E-state index >= 15 is 0 Å². The lowest BCUT2D eigenvalue weighted by atomic mass is 9.96. The van der Waals surface area contributed by atoms with Crippen molar-refractivity contribution in [3.63, 3.8) is 0 Å². The number of halogens is 3. The van der Waals surface area contributed by atoms with Crippen LogP contribution in [0.1, 0.15) is 51.4 Å². The number of benzene rings is 2. The number of hydrogen-bond acceptors (Lipinski definition) is 1. The number of nitrogens with zero attached hydrogens (tertiary/aromatic N) is 1. The Kier molecular flexibility index (Phi) is 8.13. The van der Waals surface area contributed by atoms with Crippen molar-refractivity contribution in [1.29, 1.82) is 0 Å². The van der Waals surface area contributed by atoms with Gasteiger partial charge in [-0.3, -0.25) is 4.90 Å². The molecule has 2 nitrogen and oxygen atoms in total. The summed E-state index contributed by atoms with van der Waals surface area (Å²) in [5.41, 5.74) is 3.32. The standard InChI is InChI=1S/C16H21FN2.C7H6F2.C2H6/c1-11-8-13-12-6-4-5-7-14(12)18-15(13)9-19(11)10-16(2,3)17;1-5-2-6(8)4-7(9)3-5;1-2/h4-7,11,18H,8-10H2,1-3H3;2-4H,1H3;1-2H3. The quantitative estimate of drug-likeness (QED) is 0.476. The van der Waals surface area contributed by atoms with Crippen LogP contribution in [0.2, 0.25) is 0 Å². The monoisotopic (exact) mass is 418 g/mol. The van der Waals surface area contributed by atoms with Crippen LogP contribution in [-0.2, 0) is 13.0 Å². The van der Waals surface area contributed by atoms with Crippen LogP contribution in [0.5, 0.6) is 0 Å². The number of nitrogens with one attached hydrogen (secondary N) is 1. The van der Waals surface area contributed by atoms with E-state index in [4.69, 9.17) is 0 Å². The molecule has 0 aliphatic carbocycles. The molecule has 2 heterocycles. The third-order valence-corrected chi connectivity index (χ3v) is 4.97. The molecule has 0 saturated carbocycles. The topological polar surface area (TPSA) is 19.0 Å². The number of hydrogen-bond donors (Lipinski definition) is 1. The zero-order valence-corrected chi connectivity index (χ0v) is 18.8. The second-order valence-electron chi connectivity index (χ2n) is 8.25. The summed E-state index contributed by atoms with van der Waals surface area (Å²) in [6.07, 6.45) is 0.995. The van der Waals surface area contributed by atoms with E-state index in [0.717, 1.165) is 19.0 Å². The van der Waals surface area contributed by atoms with E-state index in [1.54, 1.807) is 20.8 Å². The minimum absolute atomic E-state index is 0.390. The first kappa shape index (κ1) is 24.0. The number of aryl methyl sites for hydroxylation is 1. The van der Waals surface area contributed by atoms with Gasteiger partial charge in [-0.25, -0.2) is 13.2 Å². The van der Waals surface area contributed by atoms with Crippen LogP contribution >= 0.6 is 0 Å². The van der Waals surface area contributed by atoms with E-state index < -0.39 is 17.3 Å². The van der Waals surface area contributed by atoms with Gasteiger partial charge in [-0.05, 0) is 63.4 Å². The predicted molar refractivity (Wildman–Crippen MR) is 120 cm³/mol. The van der Waals surface area contributed by atoms with Gasteiger partial charge in [0, 0.05) is 41.8 Å². The molecule has 0 fully saturated rings. The molecule has 0 radical (unpaired) electrons. The molecule has 30 heavy (non-hydrogen) atoms. The summed E-state index contributed by atoms with van der Waals surface area (Å²) in [7, 11) is 0. The summed E-state index contributed by atoms with van der Waals surface area (Å²) in [6, 6.07) is 12.2. The molecular formula is C25H33F3N2. The molecule has 164 valence electrons. The van der Waals surface area contributed by atoms with Crippen molar-refractivity contribution in [3.8, 4) is 0 Å². The predicted octanol–water partition coefficient (Wildman–Crippen LogP) is 6.96. The normalized spacial score (nSPS) is 16.2. The number of aromatic amines is 1. The Balaban J connectivity index is 0.000000245. The summed E-state index contributed by atoms with van der Waals surface area (Å²) in [5, 5.41) is 1.32. The third-order valence-electron chi connectivity index (χ3n) is 4.97. The van der Waals surface area contributed by atoms with Gasteiger partial charge >= 0.3 is 0 Å². The Morgan fingerprint density at radius 3 is 2.23 bits per heavy atom. The first-order valence-corrected chi connectivity index (χ1v) is 10.6. The number of fused-ring (bicyclic) bond motifs is 3. The van der Waals surface area contributed by atoms with E-state index in [-0.39, 0.29) is 0 Å². The number of rotatable bonds is 2. The fraction of sp³-hybridized carbons (Fsp3) is 0.440. The summed E-state index contributed by atoms with van der Waals surface area (Å²) >= 11 is 0. The van der Waals surface area contributed by atoms with E-state index in [1.165, 1.54) is 34.3 Å². The van der Waals surface area contributed by atoms with Crippen LogP contribution in [0, 0.1) is 18.6 Å². The fourth-order valence-electron chi connectivity index (χ4n) is 3.79. The van der Waals surface area contributed by atoms with Crippen LogP contribution in [0.4, 0.5) is 13.2 Å². The molecule has 0 amide bonds. The minimum Gasteiger partial charge on any atom is -0.357 e. The van der Waals surface area contributed by atoms with Gasteiger partial charge in [0.2, 0.25) is 0 Å². The van der Waals surface area contributed by atoms with Crippen LogP contribution in [0.15, 0.2) is 42.5 Å². The first-order valence-electron chi connectivity index (χ1n) is 10.6. The molecular weight excluding hydrogens is 385 g/mol. The van der Waals surface area contributed by atoms with Crippen molar-refractivity contribution >= 4 is 10.9 Å². The van der Waals surface area contributed by atoms with Gasteiger partial charge in [-0.15, -0.1) is 0 Å². The van der Waals surface area contributed by atoms with Gasteiger partial charge in [0.05, 0.1) is 0 Å². The molecule has 4 rings (SSSR count). The molecule has 0 bridgehead atoms. The van der Waals surface area contributed by atoms with Crippen LogP contribution in [-0.4, -0.2) is 28.1 Å². The fourth-order valence-corrected chi connectivity index (χ4v) is 3.79. The van der Waals surface area contributed by atoms with E-state index in [2.05, 4.69) is 41.1 Å². The lowest BCUT2D eigenvalue weighted by Gasteiger charge is -2.36. The average Bonchev–Trinajstić information content (AvgIpc) is 2.99. The number of aromatic nitrogens is 1. The molecule has 1 unspecified atom stereocenters. The lowest BCUT2D eigenvalue weighted by Crippen LogP contribution is -2.44. The van der Waals surface area contributed by atoms with Crippen molar-refractivity contribution in [3.05, 3.63) is 70.9 Å². The maximum Gasteiger partial charge on any atom is 0.126 e. The van der Waals surface area contributed by atoms with Crippen molar-refractivity contribution < 1.29 is 13.2 Å². The van der Waals surface area contributed by atoms with Gasteiger partial charge in [0.15, 0.2) is 0 Å². The van der Waals surface area contributed by atoms with Gasteiger partial charge in [0.25, 0.3) is 0 Å². The molecule has 1 aromatic heterocycles. The summed E-state index contributed by atoms with van der Waals surface area (Å²) in [5.74, 6) is -1.04. The summed E-state index contributed by atoms with van der Waals surface area (Å²) in [4.78, 5) is 5.72. The molecule has 1 atom stereocenters. The van der Waals surface area contributed by atoms with Crippen molar-refractivity contribution in [2.45, 2.75) is 66.2 Å². The Labute approximate surface area is 178 Å². The first-order chi connectivity index (χ1) is 14.1. The largest absolute Gasteiger partial charge is 0.357 e. The highest BCUT2D eigenvalue weighted by Gasteiger charge is 2.30. The Morgan fingerprint density at radius 1 is 1.07 bits per heavy atom. The molecule has 1 aliphatic rings. The highest BCUT2D eigenvalue weighted by Crippen LogP contribution is 2.31. The van der Waals surface area contributed by atoms with Crippen molar-refractivity contribution in [2.24, 2.45) is 0 Å². The molecule has 1 N–H and O–H groups in total. The Bertz CT molecular complexity index is 906. The van der Waals surface area contributed by atoms with Gasteiger partial charge in [-0.1, -0.05) is 32.0 Å². The average molecular weight is 419 g/mol. The van der Waals surface area contributed by atoms with Crippen molar-refractivity contribution in [1.82, 2.24) is 9.88 Å². The molecule has 3 aromatic rings. The Morgan fingerprint density at radius 2 is 1.67 bits per heavy atom. The minimum atomic E-state index is -1.14. The second-order valence-corrected chi connectivity index (χ2v) is 8.25. The SMILES string of the molecule is CC.CC1Cc2c([nH]c3ccccc23)CN1CC(C)(C)F.Cc1cc(F)cc(F)c1. The molecule has 5 heteroatoms. The summed E-state index contributed by atoms with van der Waals surface area (Å²) in [6.45, 7) is 12.4. The molecule has 0 saturated heterocycles. The number of alkyl halides is 1. The highest BCUT2D eigenvalue weighted by atomic mass is 19.1. The van der Waals surface area contributed by atoms with Crippen LogP contribution in [0.3, 0.4) is 0 Å². The molecule has 1 aliphatic heterocycles. The third kappa shape index (κ3) is 6.36. The van der Waals surface area contributed by atoms with E-state index in [9.17, 15) is 13.2 Å². The molecule has 2 aromatic carbocycles. The zero-order chi connectivity index (χ0) is 22.5. The summed E-state index contributed by atoms with van der Waals surface area (Å²) < 4.78 is 38.3.